The van der Waals surface area contributed by atoms with Crippen LogP contribution < -0.4 is 0 Å². The number of allylic oxidation sites excluding steroid dienone is 1. The zero-order valence-electron chi connectivity index (χ0n) is 11.9. The van der Waals surface area contributed by atoms with E-state index in [1.54, 1.807) is 11.8 Å². The maximum Gasteiger partial charge on any atom is 0.219 e. The van der Waals surface area contributed by atoms with Gasteiger partial charge in [-0.3, -0.25) is 9.69 Å². The number of hydrogen-bond donors (Lipinski definition) is 1. The average molecular weight is 254 g/mol. The van der Waals surface area contributed by atoms with E-state index in [1.807, 2.05) is 0 Å². The van der Waals surface area contributed by atoms with Crippen LogP contribution in [0.5, 0.6) is 0 Å². The Hall–Kier alpha value is -0.870. The number of nitrogens with zero attached hydrogens (tertiary/aromatic N) is 2. The number of aliphatic hydroxyl groups excluding tert-OH is 1. The lowest BCUT2D eigenvalue weighted by molar-refractivity contribution is -0.129. The molecule has 1 fully saturated rings. The van der Waals surface area contributed by atoms with Crippen LogP contribution in [0.2, 0.25) is 0 Å². The first kappa shape index (κ1) is 15.2. The van der Waals surface area contributed by atoms with Crippen LogP contribution in [0.3, 0.4) is 0 Å². The van der Waals surface area contributed by atoms with Crippen LogP contribution >= 0.6 is 0 Å². The molecule has 0 bridgehead atoms. The highest BCUT2D eigenvalue weighted by Gasteiger charge is 2.21. The van der Waals surface area contributed by atoms with Crippen LogP contribution in [0, 0.1) is 0 Å². The molecule has 18 heavy (non-hydrogen) atoms. The van der Waals surface area contributed by atoms with Gasteiger partial charge in [0.1, 0.15) is 0 Å². The van der Waals surface area contributed by atoms with Gasteiger partial charge in [-0.25, -0.2) is 0 Å². The molecule has 0 aromatic rings. The molecule has 4 nitrogen and oxygen atoms in total. The molecule has 1 N–H and O–H groups in total. The molecule has 0 aromatic heterocycles. The molecule has 0 aliphatic carbocycles. The van der Waals surface area contributed by atoms with Crippen molar-refractivity contribution in [3.8, 4) is 0 Å². The van der Waals surface area contributed by atoms with E-state index in [9.17, 15) is 9.90 Å². The van der Waals surface area contributed by atoms with Crippen LogP contribution in [-0.2, 0) is 4.79 Å². The van der Waals surface area contributed by atoms with Crippen molar-refractivity contribution in [3.05, 3.63) is 11.6 Å². The lowest BCUT2D eigenvalue weighted by Crippen LogP contribution is -2.36. The SMILES string of the molecule is CC/C(C)=C/CCN1CCN(C(C)=O)C[C@H](O)C1. The summed E-state index contributed by atoms with van der Waals surface area (Å²) in [7, 11) is 0. The number of hydrogen-bond acceptors (Lipinski definition) is 3. The summed E-state index contributed by atoms with van der Waals surface area (Å²) in [6.45, 7) is 9.55. The van der Waals surface area contributed by atoms with Crippen molar-refractivity contribution >= 4 is 5.91 Å². The van der Waals surface area contributed by atoms with Gasteiger partial charge in [0.25, 0.3) is 0 Å². The van der Waals surface area contributed by atoms with E-state index in [0.29, 0.717) is 13.1 Å². The van der Waals surface area contributed by atoms with Gasteiger partial charge >= 0.3 is 0 Å². The van der Waals surface area contributed by atoms with Crippen LogP contribution in [-0.4, -0.2) is 59.6 Å². The Kier molecular flexibility index (Phi) is 6.36. The van der Waals surface area contributed by atoms with Crippen LogP contribution in [0.25, 0.3) is 0 Å². The fourth-order valence-electron chi connectivity index (χ4n) is 2.18. The zero-order valence-corrected chi connectivity index (χ0v) is 11.9. The van der Waals surface area contributed by atoms with Gasteiger partial charge in [0.05, 0.1) is 6.10 Å². The molecule has 1 amide bonds. The molecular formula is C14H26N2O2. The molecule has 1 atom stereocenters. The monoisotopic (exact) mass is 254 g/mol. The Balaban J connectivity index is 2.41. The molecular weight excluding hydrogens is 228 g/mol. The molecule has 0 unspecified atom stereocenters. The highest BCUT2D eigenvalue weighted by Crippen LogP contribution is 2.06. The highest BCUT2D eigenvalue weighted by atomic mass is 16.3. The summed E-state index contributed by atoms with van der Waals surface area (Å²) in [5.41, 5.74) is 1.41. The third kappa shape index (κ3) is 5.19. The Morgan fingerprint density at radius 3 is 2.67 bits per heavy atom. The first-order chi connectivity index (χ1) is 8.52. The summed E-state index contributed by atoms with van der Waals surface area (Å²) < 4.78 is 0. The van der Waals surface area contributed by atoms with E-state index in [1.165, 1.54) is 5.57 Å². The summed E-state index contributed by atoms with van der Waals surface area (Å²) in [6.07, 6.45) is 3.96. The summed E-state index contributed by atoms with van der Waals surface area (Å²) in [4.78, 5) is 15.3. The summed E-state index contributed by atoms with van der Waals surface area (Å²) in [6, 6.07) is 0. The summed E-state index contributed by atoms with van der Waals surface area (Å²) in [5.74, 6) is 0.0534. The van der Waals surface area contributed by atoms with Gasteiger partial charge in [-0.2, -0.15) is 0 Å². The first-order valence-corrected chi connectivity index (χ1v) is 6.84. The third-order valence-corrected chi connectivity index (χ3v) is 3.53. The van der Waals surface area contributed by atoms with E-state index < -0.39 is 6.10 Å². The minimum Gasteiger partial charge on any atom is -0.390 e. The van der Waals surface area contributed by atoms with Crippen LogP contribution in [0.4, 0.5) is 0 Å². The van der Waals surface area contributed by atoms with Gasteiger partial charge in [0, 0.05) is 39.6 Å². The number of aliphatic hydroxyl groups is 1. The topological polar surface area (TPSA) is 43.8 Å². The fraction of sp³-hybridized carbons (Fsp3) is 0.786. The van der Waals surface area contributed by atoms with Gasteiger partial charge in [-0.05, 0) is 19.8 Å². The van der Waals surface area contributed by atoms with Gasteiger partial charge in [-0.15, -0.1) is 0 Å². The number of carbonyl (C=O) groups is 1. The molecule has 1 aliphatic rings. The van der Waals surface area contributed by atoms with Crippen molar-refractivity contribution in [1.29, 1.82) is 0 Å². The van der Waals surface area contributed by atoms with Crippen molar-refractivity contribution in [3.63, 3.8) is 0 Å². The third-order valence-electron chi connectivity index (χ3n) is 3.53. The van der Waals surface area contributed by atoms with Crippen molar-refractivity contribution in [2.24, 2.45) is 0 Å². The van der Waals surface area contributed by atoms with Gasteiger partial charge in [0.15, 0.2) is 0 Å². The normalized spacial score (nSPS) is 23.0. The minimum atomic E-state index is -0.423. The lowest BCUT2D eigenvalue weighted by Gasteiger charge is -2.20. The van der Waals surface area contributed by atoms with E-state index >= 15 is 0 Å². The van der Waals surface area contributed by atoms with Crippen LogP contribution in [0.1, 0.15) is 33.6 Å². The average Bonchev–Trinajstić information content (AvgIpc) is 2.50. The summed E-state index contributed by atoms with van der Waals surface area (Å²) >= 11 is 0. The molecule has 1 heterocycles. The number of rotatable bonds is 4. The van der Waals surface area contributed by atoms with Gasteiger partial charge in [-0.1, -0.05) is 18.6 Å². The second kappa shape index (κ2) is 7.54. The smallest absolute Gasteiger partial charge is 0.219 e. The Labute approximate surface area is 110 Å². The molecule has 1 aliphatic heterocycles. The maximum absolute atomic E-state index is 11.3. The Morgan fingerprint density at radius 1 is 1.33 bits per heavy atom. The van der Waals surface area contributed by atoms with Crippen molar-refractivity contribution < 1.29 is 9.90 Å². The molecule has 104 valence electrons. The van der Waals surface area contributed by atoms with E-state index in [4.69, 9.17) is 0 Å². The van der Waals surface area contributed by atoms with Crippen molar-refractivity contribution in [1.82, 2.24) is 9.80 Å². The van der Waals surface area contributed by atoms with Crippen molar-refractivity contribution in [2.45, 2.75) is 39.7 Å². The molecule has 0 radical (unpaired) electrons. The standard InChI is InChI=1S/C14H26N2O2/c1-4-12(2)6-5-7-15-8-9-16(13(3)17)11-14(18)10-15/h6,14,18H,4-5,7-11H2,1-3H3/b12-6+/t14-/m1/s1. The Bertz CT molecular complexity index is 302. The van der Waals surface area contributed by atoms with E-state index in [0.717, 1.165) is 32.5 Å². The van der Waals surface area contributed by atoms with E-state index in [2.05, 4.69) is 24.8 Å². The lowest BCUT2D eigenvalue weighted by atomic mass is 10.2. The second-order valence-corrected chi connectivity index (χ2v) is 5.11. The number of carbonyl (C=O) groups excluding carboxylic acids is 1. The van der Waals surface area contributed by atoms with Gasteiger partial charge < -0.3 is 10.0 Å². The van der Waals surface area contributed by atoms with Crippen LogP contribution in [0.15, 0.2) is 11.6 Å². The zero-order chi connectivity index (χ0) is 13.5. The molecule has 1 rings (SSSR count). The Morgan fingerprint density at radius 2 is 2.06 bits per heavy atom. The number of β-amino-alcohol motifs (C(OH)–C–C–N with tert-alkyl or cyclic N) is 1. The first-order valence-electron chi connectivity index (χ1n) is 6.84. The quantitative estimate of drug-likeness (QED) is 0.768. The predicted octanol–water partition coefficient (Wildman–Crippen LogP) is 1.26. The predicted molar refractivity (Wildman–Crippen MR) is 73.4 cm³/mol. The summed E-state index contributed by atoms with van der Waals surface area (Å²) in [5, 5.41) is 9.88. The molecule has 0 spiro atoms. The molecule has 1 saturated heterocycles. The number of amides is 1. The largest absolute Gasteiger partial charge is 0.390 e. The minimum absolute atomic E-state index is 0.0534. The highest BCUT2D eigenvalue weighted by molar-refractivity contribution is 5.73. The fourth-order valence-corrected chi connectivity index (χ4v) is 2.18. The molecule has 0 saturated carbocycles. The molecule has 4 heteroatoms. The van der Waals surface area contributed by atoms with Crippen molar-refractivity contribution in [2.75, 3.05) is 32.7 Å². The van der Waals surface area contributed by atoms with Gasteiger partial charge in [0.2, 0.25) is 5.91 Å². The maximum atomic E-state index is 11.3. The molecule has 0 aromatic carbocycles. The van der Waals surface area contributed by atoms with E-state index in [-0.39, 0.29) is 5.91 Å². The second-order valence-electron chi connectivity index (χ2n) is 5.11.